The number of fused-ring (bicyclic) bond motifs is 1. The molecule has 1 aromatic heterocycles. The van der Waals surface area contributed by atoms with E-state index >= 15 is 0 Å². The first-order chi connectivity index (χ1) is 7.75. The van der Waals surface area contributed by atoms with Gasteiger partial charge in [0.15, 0.2) is 0 Å². The Hall–Kier alpha value is -1.38. The van der Waals surface area contributed by atoms with Crippen molar-refractivity contribution in [2.24, 2.45) is 4.99 Å². The molecule has 1 saturated carbocycles. The number of isocyanates is 1. The van der Waals surface area contributed by atoms with Gasteiger partial charge in [-0.1, -0.05) is 12.1 Å². The number of hydrogen-bond donors (Lipinski definition) is 1. The maximum absolute atomic E-state index is 10.4. The summed E-state index contributed by atoms with van der Waals surface area (Å²) in [6.45, 7) is 0. The highest BCUT2D eigenvalue weighted by Gasteiger charge is 2.44. The zero-order chi connectivity index (χ0) is 11.2. The van der Waals surface area contributed by atoms with Gasteiger partial charge in [-0.25, -0.2) is 4.79 Å². The van der Waals surface area contributed by atoms with Gasteiger partial charge in [-0.3, -0.25) is 0 Å². The van der Waals surface area contributed by atoms with Crippen molar-refractivity contribution in [1.82, 2.24) is 4.98 Å². The van der Waals surface area contributed by atoms with Crippen LogP contribution in [-0.4, -0.2) is 11.1 Å². The van der Waals surface area contributed by atoms with E-state index in [4.69, 9.17) is 0 Å². The van der Waals surface area contributed by atoms with Crippen LogP contribution in [-0.2, 0) is 10.3 Å². The Morgan fingerprint density at radius 1 is 1.44 bits per heavy atom. The van der Waals surface area contributed by atoms with Crippen LogP contribution in [0.5, 0.6) is 0 Å². The van der Waals surface area contributed by atoms with Crippen LogP contribution in [0.3, 0.4) is 0 Å². The second-order valence-electron chi connectivity index (χ2n) is 4.13. The molecule has 0 bridgehead atoms. The van der Waals surface area contributed by atoms with E-state index in [2.05, 4.69) is 32.0 Å². The highest BCUT2D eigenvalue weighted by Crippen LogP contribution is 2.49. The first-order valence-electron chi connectivity index (χ1n) is 5.11. The van der Waals surface area contributed by atoms with E-state index in [0.29, 0.717) is 0 Å². The zero-order valence-electron chi connectivity index (χ0n) is 8.46. The average molecular weight is 277 g/mol. The number of benzene rings is 1. The number of aliphatic imine (C=N–C) groups is 1. The molecule has 3 rings (SSSR count). The maximum Gasteiger partial charge on any atom is 0.235 e. The third kappa shape index (κ3) is 1.34. The molecule has 4 heteroatoms. The van der Waals surface area contributed by atoms with Crippen LogP contribution in [0.1, 0.15) is 18.4 Å². The van der Waals surface area contributed by atoms with E-state index in [1.807, 2.05) is 18.3 Å². The lowest BCUT2D eigenvalue weighted by Crippen LogP contribution is -2.01. The summed E-state index contributed by atoms with van der Waals surface area (Å²) in [5, 5.41) is 1.15. The number of aromatic amines is 1. The lowest BCUT2D eigenvalue weighted by molar-refractivity contribution is 0.556. The van der Waals surface area contributed by atoms with Crippen molar-refractivity contribution in [2.45, 2.75) is 18.4 Å². The van der Waals surface area contributed by atoms with Gasteiger partial charge in [0.1, 0.15) is 0 Å². The number of halogens is 1. The van der Waals surface area contributed by atoms with Gasteiger partial charge in [0, 0.05) is 21.6 Å². The molecule has 0 radical (unpaired) electrons. The molecular formula is C12H9BrN2O. The molecule has 0 atom stereocenters. The summed E-state index contributed by atoms with van der Waals surface area (Å²) >= 11 is 3.47. The fourth-order valence-corrected chi connectivity index (χ4v) is 2.51. The number of rotatable bonds is 2. The van der Waals surface area contributed by atoms with Crippen molar-refractivity contribution < 1.29 is 4.79 Å². The minimum Gasteiger partial charge on any atom is -0.360 e. The topological polar surface area (TPSA) is 45.2 Å². The monoisotopic (exact) mass is 276 g/mol. The largest absolute Gasteiger partial charge is 0.360 e. The predicted molar refractivity (Wildman–Crippen MR) is 65.0 cm³/mol. The molecule has 0 aliphatic heterocycles. The quantitative estimate of drug-likeness (QED) is 0.664. The molecule has 1 N–H and O–H groups in total. The molecule has 1 heterocycles. The van der Waals surface area contributed by atoms with Crippen molar-refractivity contribution in [1.29, 1.82) is 0 Å². The third-order valence-electron chi connectivity index (χ3n) is 3.15. The summed E-state index contributed by atoms with van der Waals surface area (Å²) in [5.74, 6) is 0. The van der Waals surface area contributed by atoms with Crippen LogP contribution in [0.4, 0.5) is 0 Å². The van der Waals surface area contributed by atoms with Crippen molar-refractivity contribution >= 4 is 32.9 Å². The number of carbonyl (C=O) groups excluding carboxylic acids is 1. The summed E-state index contributed by atoms with van der Waals surface area (Å²) < 4.78 is 1.05. The molecule has 0 amide bonds. The van der Waals surface area contributed by atoms with Crippen molar-refractivity contribution in [3.8, 4) is 0 Å². The predicted octanol–water partition coefficient (Wildman–Crippen LogP) is 3.26. The number of nitrogens with one attached hydrogen (secondary N) is 1. The lowest BCUT2D eigenvalue weighted by atomic mass is 10.0. The molecule has 1 aliphatic carbocycles. The number of H-pyrrole nitrogens is 1. The molecule has 1 aromatic carbocycles. The van der Waals surface area contributed by atoms with Crippen LogP contribution in [0.15, 0.2) is 33.9 Å². The average Bonchev–Trinajstić information content (AvgIpc) is 2.99. The summed E-state index contributed by atoms with van der Waals surface area (Å²) in [6, 6.07) is 6.15. The summed E-state index contributed by atoms with van der Waals surface area (Å²) in [5.41, 5.74) is 1.88. The SMILES string of the molecule is O=C=NC1(c2ccc3c(Br)c[nH]c3c2)CC1. The van der Waals surface area contributed by atoms with Gasteiger partial charge in [0.2, 0.25) is 6.08 Å². The smallest absolute Gasteiger partial charge is 0.235 e. The fourth-order valence-electron chi connectivity index (χ4n) is 2.05. The van der Waals surface area contributed by atoms with Gasteiger partial charge in [-0.15, -0.1) is 0 Å². The first kappa shape index (κ1) is 9.82. The Bertz CT molecular complexity index is 607. The molecule has 1 fully saturated rings. The summed E-state index contributed by atoms with van der Waals surface area (Å²) in [6.07, 6.45) is 5.47. The molecule has 3 nitrogen and oxygen atoms in total. The first-order valence-corrected chi connectivity index (χ1v) is 5.91. The number of aromatic nitrogens is 1. The normalized spacial score (nSPS) is 17.1. The van der Waals surface area contributed by atoms with Crippen LogP contribution in [0.2, 0.25) is 0 Å². The highest BCUT2D eigenvalue weighted by molar-refractivity contribution is 9.10. The minimum absolute atomic E-state index is 0.284. The maximum atomic E-state index is 10.4. The van der Waals surface area contributed by atoms with Crippen molar-refractivity contribution in [3.63, 3.8) is 0 Å². The summed E-state index contributed by atoms with van der Waals surface area (Å²) in [7, 11) is 0. The van der Waals surface area contributed by atoms with Gasteiger partial charge in [-0.2, -0.15) is 4.99 Å². The van der Waals surface area contributed by atoms with Gasteiger partial charge in [0.05, 0.1) is 5.54 Å². The molecule has 0 unspecified atom stereocenters. The van der Waals surface area contributed by atoms with E-state index in [9.17, 15) is 4.79 Å². The molecule has 16 heavy (non-hydrogen) atoms. The van der Waals surface area contributed by atoms with Gasteiger partial charge >= 0.3 is 0 Å². The van der Waals surface area contributed by atoms with E-state index < -0.39 is 0 Å². The second kappa shape index (κ2) is 3.30. The standard InChI is InChI=1S/C12H9BrN2O/c13-10-6-14-11-5-8(1-2-9(10)11)12(3-4-12)15-7-16/h1-2,5-6,14H,3-4H2. The fraction of sp³-hybridized carbons (Fsp3) is 0.250. The molecule has 80 valence electrons. The van der Waals surface area contributed by atoms with E-state index in [-0.39, 0.29) is 5.54 Å². The van der Waals surface area contributed by atoms with E-state index in [1.54, 1.807) is 6.08 Å². The van der Waals surface area contributed by atoms with Gasteiger partial charge < -0.3 is 4.98 Å². The number of nitrogens with zero attached hydrogens (tertiary/aromatic N) is 1. The van der Waals surface area contributed by atoms with Crippen LogP contribution < -0.4 is 0 Å². The van der Waals surface area contributed by atoms with Crippen LogP contribution >= 0.6 is 15.9 Å². The molecule has 0 saturated heterocycles. The summed E-state index contributed by atoms with van der Waals surface area (Å²) in [4.78, 5) is 17.5. The molecule has 1 aliphatic rings. The lowest BCUT2D eigenvalue weighted by Gasteiger charge is -2.07. The Balaban J connectivity index is 2.16. The zero-order valence-corrected chi connectivity index (χ0v) is 10.0. The van der Waals surface area contributed by atoms with Crippen molar-refractivity contribution in [2.75, 3.05) is 0 Å². The van der Waals surface area contributed by atoms with Crippen molar-refractivity contribution in [3.05, 3.63) is 34.4 Å². The second-order valence-corrected chi connectivity index (χ2v) is 4.99. The Morgan fingerprint density at radius 2 is 2.25 bits per heavy atom. The third-order valence-corrected chi connectivity index (χ3v) is 3.81. The Labute approximate surface area is 101 Å². The molecule has 2 aromatic rings. The molecule has 0 spiro atoms. The van der Waals surface area contributed by atoms with Gasteiger partial charge in [-0.05, 0) is 40.4 Å². The van der Waals surface area contributed by atoms with Crippen LogP contribution in [0.25, 0.3) is 10.9 Å². The van der Waals surface area contributed by atoms with Crippen LogP contribution in [0, 0.1) is 0 Å². The Morgan fingerprint density at radius 3 is 2.94 bits per heavy atom. The Kier molecular flexibility index (Phi) is 2.03. The van der Waals surface area contributed by atoms with E-state index in [1.165, 1.54) is 0 Å². The minimum atomic E-state index is -0.284. The van der Waals surface area contributed by atoms with Gasteiger partial charge in [0.25, 0.3) is 0 Å². The molecular weight excluding hydrogens is 268 g/mol. The highest BCUT2D eigenvalue weighted by atomic mass is 79.9. The number of hydrogen-bond acceptors (Lipinski definition) is 2. The van der Waals surface area contributed by atoms with E-state index in [0.717, 1.165) is 33.8 Å².